The molecule has 0 aromatic carbocycles. The average Bonchev–Trinajstić information content (AvgIpc) is 2.37. The molecule has 0 aliphatic carbocycles. The Bertz CT molecular complexity index is 162. The number of hydrogen-bond donors (Lipinski definition) is 0. The maximum absolute atomic E-state index is 2.50. The van der Waals surface area contributed by atoms with Crippen LogP contribution in [0.1, 0.15) is 66.2 Å². The SMILES string of the molecule is C/C=C\[CH2][Sn]([CH2]CCC)([CH2]CCC)[CH2]CCC. The van der Waals surface area contributed by atoms with Gasteiger partial charge in [-0.1, -0.05) is 0 Å². The minimum absolute atomic E-state index is 1.40. The van der Waals surface area contributed by atoms with E-state index in [9.17, 15) is 0 Å². The van der Waals surface area contributed by atoms with Crippen molar-refractivity contribution in [2.75, 3.05) is 0 Å². The van der Waals surface area contributed by atoms with E-state index in [1.165, 1.54) is 43.0 Å². The molecule has 0 fully saturated rings. The van der Waals surface area contributed by atoms with Crippen LogP contribution >= 0.6 is 0 Å². The van der Waals surface area contributed by atoms with Gasteiger partial charge in [0.1, 0.15) is 0 Å². The third-order valence-corrected chi connectivity index (χ3v) is 19.2. The van der Waals surface area contributed by atoms with Crippen LogP contribution in [0.5, 0.6) is 0 Å². The van der Waals surface area contributed by atoms with Gasteiger partial charge in [-0.15, -0.1) is 0 Å². The summed E-state index contributed by atoms with van der Waals surface area (Å²) in [7, 11) is 0. The summed E-state index contributed by atoms with van der Waals surface area (Å²) in [6.45, 7) is 9.25. The zero-order chi connectivity index (χ0) is 13.0. The summed E-state index contributed by atoms with van der Waals surface area (Å²) in [4.78, 5) is 0. The Hall–Kier alpha value is 0.539. The first kappa shape index (κ1) is 17.5. The molecule has 0 aromatic rings. The van der Waals surface area contributed by atoms with Crippen LogP contribution in [0.15, 0.2) is 12.2 Å². The molecule has 0 unspecified atom stereocenters. The Morgan fingerprint density at radius 3 is 1.47 bits per heavy atom. The molecule has 1 heteroatoms. The third kappa shape index (κ3) is 8.29. The van der Waals surface area contributed by atoms with Crippen molar-refractivity contribution in [3.8, 4) is 0 Å². The fraction of sp³-hybridized carbons (Fsp3) is 0.875. The second-order valence-corrected chi connectivity index (χ2v) is 19.6. The van der Waals surface area contributed by atoms with Crippen LogP contribution in [0.2, 0.25) is 17.7 Å². The fourth-order valence-corrected chi connectivity index (χ4v) is 18.1. The van der Waals surface area contributed by atoms with Gasteiger partial charge in [-0.3, -0.25) is 0 Å². The molecular weight excluding hydrogens is 311 g/mol. The second-order valence-electron chi connectivity index (χ2n) is 5.58. The van der Waals surface area contributed by atoms with E-state index in [2.05, 4.69) is 39.8 Å². The van der Waals surface area contributed by atoms with Crippen LogP contribution in [0.4, 0.5) is 0 Å². The Balaban J connectivity index is 4.50. The predicted molar refractivity (Wildman–Crippen MR) is 84.5 cm³/mol. The molecule has 0 nitrogen and oxygen atoms in total. The molecule has 0 radical (unpaired) electrons. The van der Waals surface area contributed by atoms with Crippen molar-refractivity contribution in [3.63, 3.8) is 0 Å². The molecule has 0 bridgehead atoms. The van der Waals surface area contributed by atoms with Crippen molar-refractivity contribution in [1.82, 2.24) is 0 Å². The minimum atomic E-state index is -1.78. The molecule has 0 N–H and O–H groups in total. The number of hydrogen-bond acceptors (Lipinski definition) is 0. The standard InChI is InChI=1S/3C4H9.C4H7.Sn/c4*1-3-4-2;/h3*1,3-4H2,2H3;3-4H,1H2,2H3;/b;;;4-3-;. The van der Waals surface area contributed by atoms with E-state index in [1.807, 2.05) is 0 Å². The van der Waals surface area contributed by atoms with Crippen molar-refractivity contribution < 1.29 is 0 Å². The third-order valence-electron chi connectivity index (χ3n) is 3.97. The van der Waals surface area contributed by atoms with Gasteiger partial charge in [0.05, 0.1) is 0 Å². The summed E-state index contributed by atoms with van der Waals surface area (Å²) in [5, 5.41) is 0. The molecule has 0 aliphatic heterocycles. The van der Waals surface area contributed by atoms with E-state index < -0.39 is 18.4 Å². The first-order valence-electron chi connectivity index (χ1n) is 7.85. The molecule has 0 saturated carbocycles. The van der Waals surface area contributed by atoms with E-state index in [0.29, 0.717) is 0 Å². The quantitative estimate of drug-likeness (QED) is 0.300. The van der Waals surface area contributed by atoms with Crippen molar-refractivity contribution in [3.05, 3.63) is 12.2 Å². The van der Waals surface area contributed by atoms with Crippen LogP contribution in [0.25, 0.3) is 0 Å². The zero-order valence-electron chi connectivity index (χ0n) is 12.7. The molecule has 0 amide bonds. The fourth-order valence-electron chi connectivity index (χ4n) is 2.70. The Labute approximate surface area is 114 Å². The molecule has 0 atom stereocenters. The molecule has 0 spiro atoms. The number of rotatable bonds is 11. The summed E-state index contributed by atoms with van der Waals surface area (Å²) in [6, 6.07) is 0. The molecule has 0 saturated heterocycles. The normalized spacial score (nSPS) is 12.5. The zero-order valence-corrected chi connectivity index (χ0v) is 15.6. The van der Waals surface area contributed by atoms with Gasteiger partial charge < -0.3 is 0 Å². The Kier molecular flexibility index (Phi) is 12.0. The molecule has 17 heavy (non-hydrogen) atoms. The monoisotopic (exact) mass is 346 g/mol. The van der Waals surface area contributed by atoms with Gasteiger partial charge in [0.15, 0.2) is 0 Å². The van der Waals surface area contributed by atoms with E-state index in [4.69, 9.17) is 0 Å². The van der Waals surface area contributed by atoms with Gasteiger partial charge in [-0.05, 0) is 0 Å². The van der Waals surface area contributed by atoms with Crippen LogP contribution in [0, 0.1) is 0 Å². The van der Waals surface area contributed by atoms with Gasteiger partial charge in [-0.2, -0.15) is 0 Å². The number of allylic oxidation sites excluding steroid dienone is 2. The number of unbranched alkanes of at least 4 members (excludes halogenated alkanes) is 3. The van der Waals surface area contributed by atoms with Gasteiger partial charge in [0.25, 0.3) is 0 Å². The summed E-state index contributed by atoms with van der Waals surface area (Å²) in [5.74, 6) is 0. The molecule has 0 aromatic heterocycles. The summed E-state index contributed by atoms with van der Waals surface area (Å²) in [6.07, 6.45) is 13.5. The maximum atomic E-state index is 2.50. The van der Waals surface area contributed by atoms with Crippen molar-refractivity contribution in [1.29, 1.82) is 0 Å². The molecule has 0 heterocycles. The first-order valence-corrected chi connectivity index (χ1v) is 15.9. The van der Waals surface area contributed by atoms with Crippen molar-refractivity contribution in [2.45, 2.75) is 84.0 Å². The van der Waals surface area contributed by atoms with Gasteiger partial charge in [-0.25, -0.2) is 0 Å². The van der Waals surface area contributed by atoms with Crippen LogP contribution in [-0.4, -0.2) is 18.4 Å². The van der Waals surface area contributed by atoms with E-state index >= 15 is 0 Å². The van der Waals surface area contributed by atoms with Crippen LogP contribution in [-0.2, 0) is 0 Å². The van der Waals surface area contributed by atoms with Crippen molar-refractivity contribution >= 4 is 18.4 Å². The van der Waals surface area contributed by atoms with Crippen LogP contribution in [0.3, 0.4) is 0 Å². The molecule has 0 rings (SSSR count). The summed E-state index contributed by atoms with van der Waals surface area (Å²) in [5.41, 5.74) is 0. The second kappa shape index (κ2) is 11.6. The van der Waals surface area contributed by atoms with E-state index in [0.717, 1.165) is 0 Å². The average molecular weight is 345 g/mol. The Morgan fingerprint density at radius 2 is 1.18 bits per heavy atom. The van der Waals surface area contributed by atoms with Crippen molar-refractivity contribution in [2.24, 2.45) is 0 Å². The molecular formula is C16H34Sn. The molecule has 102 valence electrons. The van der Waals surface area contributed by atoms with Gasteiger partial charge in [0.2, 0.25) is 0 Å². The summed E-state index contributed by atoms with van der Waals surface area (Å²) < 4.78 is 6.46. The predicted octanol–water partition coefficient (Wildman–Crippen LogP) is 6.41. The topological polar surface area (TPSA) is 0 Å². The van der Waals surface area contributed by atoms with Gasteiger partial charge in [0, 0.05) is 0 Å². The first-order chi connectivity index (χ1) is 8.24. The van der Waals surface area contributed by atoms with Crippen LogP contribution < -0.4 is 0 Å². The Morgan fingerprint density at radius 1 is 0.765 bits per heavy atom. The summed E-state index contributed by atoms with van der Waals surface area (Å²) >= 11 is -1.78. The van der Waals surface area contributed by atoms with Gasteiger partial charge >= 0.3 is 114 Å². The van der Waals surface area contributed by atoms with E-state index in [1.54, 1.807) is 13.3 Å². The van der Waals surface area contributed by atoms with E-state index in [-0.39, 0.29) is 0 Å². The molecule has 0 aliphatic rings.